The van der Waals surface area contributed by atoms with Crippen molar-refractivity contribution in [3.05, 3.63) is 36.5 Å². The van der Waals surface area contributed by atoms with Crippen LogP contribution < -0.4 is 0 Å². The predicted molar refractivity (Wildman–Crippen MR) is 280 cm³/mol. The lowest BCUT2D eigenvalue weighted by molar-refractivity contribution is -0.199. The summed E-state index contributed by atoms with van der Waals surface area (Å²) >= 11 is 0. The van der Waals surface area contributed by atoms with Crippen molar-refractivity contribution in [2.24, 2.45) is 0 Å². The fourth-order valence-electron chi connectivity index (χ4n) is 8.83. The third kappa shape index (κ3) is 39.0. The highest BCUT2D eigenvalue weighted by Crippen LogP contribution is 2.30. The van der Waals surface area contributed by atoms with E-state index in [2.05, 4.69) is 57.2 Å². The van der Waals surface area contributed by atoms with Crippen LogP contribution in [0.2, 0.25) is 0 Å². The van der Waals surface area contributed by atoms with Crippen LogP contribution in [-0.2, 0) is 33.3 Å². The van der Waals surface area contributed by atoms with Crippen LogP contribution in [0.15, 0.2) is 36.5 Å². The van der Waals surface area contributed by atoms with Crippen LogP contribution in [0.25, 0.3) is 0 Å². The number of carbonyl (C=O) groups excluding carboxylic acids is 3. The van der Waals surface area contributed by atoms with Gasteiger partial charge in [0.05, 0.1) is 6.61 Å². The van der Waals surface area contributed by atoms with Crippen molar-refractivity contribution in [3.8, 4) is 0 Å². The SMILES string of the molecule is CCCCCCCC/C=C\CCCCCCCC(=O)OC1C(OC(=O)CCCCCCC/C=C\CCCCCCCC)[C@@H](CO)O[C@H]1OC(=O)CCCCCCC/C=C\CCCCCCCC. The van der Waals surface area contributed by atoms with Crippen LogP contribution in [0.1, 0.15) is 290 Å². The molecule has 1 saturated heterocycles. The number of esters is 3. The summed E-state index contributed by atoms with van der Waals surface area (Å²) in [6, 6.07) is 0. The Morgan fingerprint density at radius 2 is 0.612 bits per heavy atom. The average Bonchev–Trinajstić information content (AvgIpc) is 3.63. The Bertz CT molecular complexity index is 1210. The van der Waals surface area contributed by atoms with Gasteiger partial charge in [0, 0.05) is 19.3 Å². The van der Waals surface area contributed by atoms with Gasteiger partial charge >= 0.3 is 17.9 Å². The van der Waals surface area contributed by atoms with Crippen LogP contribution in [0.5, 0.6) is 0 Å². The number of hydrogen-bond acceptors (Lipinski definition) is 8. The van der Waals surface area contributed by atoms with Crippen LogP contribution in [0.3, 0.4) is 0 Å². The summed E-state index contributed by atoms with van der Waals surface area (Å²) in [5, 5.41) is 10.3. The molecule has 67 heavy (non-hydrogen) atoms. The molecule has 1 heterocycles. The molecule has 0 spiro atoms. The molecule has 0 bridgehead atoms. The molecule has 0 amide bonds. The maximum atomic E-state index is 13.2. The van der Waals surface area contributed by atoms with Gasteiger partial charge in [0.1, 0.15) is 6.10 Å². The first kappa shape index (κ1) is 62.6. The van der Waals surface area contributed by atoms with Gasteiger partial charge in [0.25, 0.3) is 0 Å². The van der Waals surface area contributed by atoms with Crippen molar-refractivity contribution in [1.82, 2.24) is 0 Å². The van der Waals surface area contributed by atoms with E-state index in [0.717, 1.165) is 96.3 Å². The van der Waals surface area contributed by atoms with Crippen molar-refractivity contribution in [2.75, 3.05) is 6.61 Å². The molecule has 1 aliphatic rings. The van der Waals surface area contributed by atoms with Gasteiger partial charge in [-0.1, -0.05) is 211 Å². The molecular weight excluding hydrogens is 837 g/mol. The van der Waals surface area contributed by atoms with E-state index in [1.165, 1.54) is 135 Å². The Hall–Kier alpha value is -2.45. The van der Waals surface area contributed by atoms with E-state index in [1.54, 1.807) is 0 Å². The fraction of sp³-hybridized carbons (Fsp3) is 0.847. The molecule has 0 radical (unpaired) electrons. The van der Waals surface area contributed by atoms with Gasteiger partial charge in [0.15, 0.2) is 6.10 Å². The summed E-state index contributed by atoms with van der Waals surface area (Å²) in [7, 11) is 0. The van der Waals surface area contributed by atoms with Crippen molar-refractivity contribution < 1.29 is 38.4 Å². The monoisotopic (exact) mass is 943 g/mol. The molecular formula is C59H106O8. The minimum absolute atomic E-state index is 0.212. The van der Waals surface area contributed by atoms with Gasteiger partial charge in [-0.2, -0.15) is 0 Å². The molecule has 390 valence electrons. The molecule has 1 N–H and O–H groups in total. The summed E-state index contributed by atoms with van der Waals surface area (Å²) in [5.41, 5.74) is 0. The molecule has 0 aromatic carbocycles. The van der Waals surface area contributed by atoms with Crippen LogP contribution in [-0.4, -0.2) is 54.2 Å². The molecule has 1 aliphatic heterocycles. The van der Waals surface area contributed by atoms with E-state index in [0.29, 0.717) is 19.3 Å². The molecule has 0 aliphatic carbocycles. The molecule has 0 aromatic rings. The Labute approximate surface area is 413 Å². The minimum atomic E-state index is -1.25. The summed E-state index contributed by atoms with van der Waals surface area (Å²) in [6.07, 6.45) is 55.7. The van der Waals surface area contributed by atoms with Crippen molar-refractivity contribution in [2.45, 2.75) is 315 Å². The number of rotatable bonds is 49. The third-order valence-electron chi connectivity index (χ3n) is 13.2. The third-order valence-corrected chi connectivity index (χ3v) is 13.2. The van der Waals surface area contributed by atoms with Crippen molar-refractivity contribution in [1.29, 1.82) is 0 Å². The van der Waals surface area contributed by atoms with E-state index < -0.39 is 49.1 Å². The molecule has 8 nitrogen and oxygen atoms in total. The van der Waals surface area contributed by atoms with E-state index in [-0.39, 0.29) is 19.3 Å². The topological polar surface area (TPSA) is 108 Å². The first-order valence-corrected chi connectivity index (χ1v) is 28.8. The van der Waals surface area contributed by atoms with Crippen LogP contribution in [0.4, 0.5) is 0 Å². The highest BCUT2D eigenvalue weighted by molar-refractivity contribution is 5.71. The van der Waals surface area contributed by atoms with E-state index in [1.807, 2.05) is 0 Å². The summed E-state index contributed by atoms with van der Waals surface area (Å²) in [4.78, 5) is 39.4. The van der Waals surface area contributed by atoms with E-state index >= 15 is 0 Å². The zero-order valence-corrected chi connectivity index (χ0v) is 44.0. The van der Waals surface area contributed by atoms with Gasteiger partial charge in [-0.05, 0) is 96.3 Å². The second-order valence-corrected chi connectivity index (χ2v) is 19.6. The molecule has 2 unspecified atom stereocenters. The Balaban J connectivity index is 2.52. The van der Waals surface area contributed by atoms with E-state index in [4.69, 9.17) is 18.9 Å². The lowest BCUT2D eigenvalue weighted by Crippen LogP contribution is -2.42. The minimum Gasteiger partial charge on any atom is -0.455 e. The first-order chi connectivity index (χ1) is 33.0. The summed E-state index contributed by atoms with van der Waals surface area (Å²) in [6.45, 7) is 6.30. The average molecular weight is 943 g/mol. The highest BCUT2D eigenvalue weighted by Gasteiger charge is 2.51. The summed E-state index contributed by atoms with van der Waals surface area (Å²) < 4.78 is 23.5. The number of unbranched alkanes of at least 4 members (excludes halogenated alkanes) is 33. The fourth-order valence-corrected chi connectivity index (χ4v) is 8.83. The van der Waals surface area contributed by atoms with Crippen LogP contribution >= 0.6 is 0 Å². The standard InChI is InChI=1S/C59H106O8/c1-4-7-10-13-16-19-22-25-28-31-34-37-40-43-46-49-54(61)65-57-53(52-60)64-59(67-56(63)51-48-45-42-39-36-33-30-27-24-21-18-15-12-9-6-3)58(57)66-55(62)50-47-44-41-38-35-32-29-26-23-20-17-14-11-8-5-2/h25-30,53,57-60H,4-24,31-52H2,1-3H3/b28-25-,29-26-,30-27-/t53-,57?,58?,59+/m1/s1. The van der Waals surface area contributed by atoms with Crippen molar-refractivity contribution in [3.63, 3.8) is 0 Å². The quantitative estimate of drug-likeness (QED) is 0.0278. The van der Waals surface area contributed by atoms with Gasteiger partial charge in [-0.3, -0.25) is 14.4 Å². The Morgan fingerprint density at radius 1 is 0.358 bits per heavy atom. The van der Waals surface area contributed by atoms with Gasteiger partial charge in [0.2, 0.25) is 12.4 Å². The molecule has 0 aromatic heterocycles. The normalized spacial score (nSPS) is 17.4. The lowest BCUT2D eigenvalue weighted by Gasteiger charge is -2.24. The number of aliphatic hydroxyl groups is 1. The molecule has 0 saturated carbocycles. The zero-order chi connectivity index (χ0) is 48.5. The van der Waals surface area contributed by atoms with E-state index in [9.17, 15) is 19.5 Å². The molecule has 8 heteroatoms. The number of hydrogen-bond donors (Lipinski definition) is 1. The first-order valence-electron chi connectivity index (χ1n) is 28.8. The maximum Gasteiger partial charge on any atom is 0.308 e. The van der Waals surface area contributed by atoms with Crippen molar-refractivity contribution >= 4 is 17.9 Å². The van der Waals surface area contributed by atoms with Gasteiger partial charge in [-0.15, -0.1) is 0 Å². The molecule has 1 fully saturated rings. The second-order valence-electron chi connectivity index (χ2n) is 19.6. The second kappa shape index (κ2) is 48.6. The molecule has 4 atom stereocenters. The number of aliphatic hydroxyl groups excluding tert-OH is 1. The number of carbonyl (C=O) groups is 3. The number of ether oxygens (including phenoxy) is 4. The largest absolute Gasteiger partial charge is 0.455 e. The Morgan fingerprint density at radius 3 is 0.910 bits per heavy atom. The smallest absolute Gasteiger partial charge is 0.308 e. The van der Waals surface area contributed by atoms with Crippen LogP contribution in [0, 0.1) is 0 Å². The maximum absolute atomic E-state index is 13.2. The number of allylic oxidation sites excluding steroid dienone is 6. The lowest BCUT2D eigenvalue weighted by atomic mass is 10.1. The van der Waals surface area contributed by atoms with Gasteiger partial charge < -0.3 is 24.1 Å². The Kier molecular flexibility index (Phi) is 45.4. The highest BCUT2D eigenvalue weighted by atomic mass is 16.7. The zero-order valence-electron chi connectivity index (χ0n) is 44.0. The molecule has 1 rings (SSSR count). The van der Waals surface area contributed by atoms with Gasteiger partial charge in [-0.25, -0.2) is 0 Å². The predicted octanol–water partition coefficient (Wildman–Crippen LogP) is 17.2. The summed E-state index contributed by atoms with van der Waals surface area (Å²) in [5.74, 6) is -1.32.